The molecule has 9 heteroatoms. The summed E-state index contributed by atoms with van der Waals surface area (Å²) in [5.74, 6) is 0.677. The molecule has 0 bridgehead atoms. The van der Waals surface area contributed by atoms with E-state index >= 15 is 0 Å². The second-order valence-electron chi connectivity index (χ2n) is 7.54. The molecule has 0 saturated heterocycles. The van der Waals surface area contributed by atoms with Crippen molar-refractivity contribution >= 4 is 39.4 Å². The lowest BCUT2D eigenvalue weighted by atomic mass is 9.96. The fraction of sp³-hybridized carbons (Fsp3) is 0.261. The van der Waals surface area contributed by atoms with Gasteiger partial charge < -0.3 is 14.2 Å². The fourth-order valence-corrected chi connectivity index (χ4v) is 4.96. The van der Waals surface area contributed by atoms with Crippen molar-refractivity contribution < 1.29 is 14.1 Å². The van der Waals surface area contributed by atoms with E-state index < -0.39 is 17.3 Å². The second kappa shape index (κ2) is 9.61. The summed E-state index contributed by atoms with van der Waals surface area (Å²) in [6.07, 6.45) is 2.28. The van der Waals surface area contributed by atoms with Gasteiger partial charge in [0.05, 0.1) is 29.6 Å². The van der Waals surface area contributed by atoms with Crippen LogP contribution in [0.5, 0.6) is 5.75 Å². The molecule has 0 fully saturated rings. The lowest BCUT2D eigenvalue weighted by Crippen LogP contribution is -2.33. The molecular formula is C23H22N4O3S2. The van der Waals surface area contributed by atoms with Crippen molar-refractivity contribution in [1.29, 1.82) is 5.26 Å². The van der Waals surface area contributed by atoms with Crippen molar-refractivity contribution in [2.75, 3.05) is 24.3 Å². The van der Waals surface area contributed by atoms with Crippen molar-refractivity contribution in [2.24, 2.45) is 5.92 Å². The summed E-state index contributed by atoms with van der Waals surface area (Å²) in [6.45, 7) is 3.04. The van der Waals surface area contributed by atoms with E-state index in [0.29, 0.717) is 23.8 Å². The molecule has 3 aromatic rings. The van der Waals surface area contributed by atoms with Crippen LogP contribution in [0.1, 0.15) is 26.5 Å². The molecule has 164 valence electrons. The van der Waals surface area contributed by atoms with Crippen LogP contribution in [0, 0.1) is 24.2 Å². The standard InChI is InChI=1S/C23H22N4O3S2/c1-15-21(22(28)26-32(2)29)25-23(31-15)27(19-9-7-16(12-24)8-10-19)13-17-11-18-5-3-4-6-20(18)30-14-17/h3-10,17H,11,13-14H2,1-2H3,(H,26,28). The third-order valence-electron chi connectivity index (χ3n) is 5.17. The van der Waals surface area contributed by atoms with Gasteiger partial charge in [0.15, 0.2) is 5.13 Å². The first-order valence-corrected chi connectivity index (χ1v) is 12.4. The number of nitrogens with one attached hydrogen (secondary N) is 1. The van der Waals surface area contributed by atoms with E-state index in [2.05, 4.69) is 26.7 Å². The molecule has 2 aromatic carbocycles. The number of thiazole rings is 1. The molecule has 0 aliphatic carbocycles. The number of para-hydroxylation sites is 1. The van der Waals surface area contributed by atoms with Crippen molar-refractivity contribution in [3.05, 3.63) is 70.2 Å². The van der Waals surface area contributed by atoms with Crippen LogP contribution in [-0.4, -0.2) is 34.9 Å². The number of rotatable bonds is 6. The molecule has 0 radical (unpaired) electrons. The monoisotopic (exact) mass is 466 g/mol. The maximum atomic E-state index is 12.4. The molecular weight excluding hydrogens is 444 g/mol. The number of aromatic nitrogens is 1. The molecule has 1 amide bonds. The number of carbonyl (C=O) groups is 1. The lowest BCUT2D eigenvalue weighted by Gasteiger charge is -2.31. The van der Waals surface area contributed by atoms with E-state index in [0.717, 1.165) is 22.7 Å². The number of nitrogens with zero attached hydrogens (tertiary/aromatic N) is 3. The van der Waals surface area contributed by atoms with E-state index in [-0.39, 0.29) is 11.6 Å². The maximum absolute atomic E-state index is 12.4. The van der Waals surface area contributed by atoms with E-state index in [1.165, 1.54) is 23.2 Å². The highest BCUT2D eigenvalue weighted by Crippen LogP contribution is 2.35. The number of hydrogen-bond donors (Lipinski definition) is 1. The van der Waals surface area contributed by atoms with Crippen LogP contribution in [0.2, 0.25) is 0 Å². The first-order chi connectivity index (χ1) is 15.4. The van der Waals surface area contributed by atoms with Crippen molar-refractivity contribution in [3.63, 3.8) is 0 Å². The predicted molar refractivity (Wildman–Crippen MR) is 126 cm³/mol. The van der Waals surface area contributed by atoms with Crippen LogP contribution >= 0.6 is 11.3 Å². The molecule has 1 aliphatic heterocycles. The Balaban J connectivity index is 1.64. The van der Waals surface area contributed by atoms with Crippen molar-refractivity contribution in [2.45, 2.75) is 13.3 Å². The minimum Gasteiger partial charge on any atom is -0.593 e. The Bertz CT molecular complexity index is 1150. The fourth-order valence-electron chi connectivity index (χ4n) is 3.66. The van der Waals surface area contributed by atoms with Gasteiger partial charge in [-0.25, -0.2) is 4.98 Å². The smallest absolute Gasteiger partial charge is 0.311 e. The van der Waals surface area contributed by atoms with Gasteiger partial charge in [-0.05, 0) is 49.2 Å². The summed E-state index contributed by atoms with van der Waals surface area (Å²) >= 11 is -0.0620. The number of amides is 1. The molecule has 1 aliphatic rings. The van der Waals surface area contributed by atoms with Crippen LogP contribution in [0.4, 0.5) is 10.8 Å². The number of ether oxygens (including phenoxy) is 1. The van der Waals surface area contributed by atoms with E-state index in [1.807, 2.05) is 37.3 Å². The first kappa shape index (κ1) is 22.1. The topological polar surface area (TPSA) is 101 Å². The Morgan fingerprint density at radius 3 is 2.81 bits per heavy atom. The predicted octanol–water partition coefficient (Wildman–Crippen LogP) is 3.74. The van der Waals surface area contributed by atoms with Gasteiger partial charge in [0.2, 0.25) is 0 Å². The minimum atomic E-state index is -1.47. The number of hydrogen-bond acceptors (Lipinski definition) is 7. The van der Waals surface area contributed by atoms with Crippen molar-refractivity contribution in [3.8, 4) is 11.8 Å². The Morgan fingerprint density at radius 2 is 2.09 bits per heavy atom. The zero-order chi connectivity index (χ0) is 22.7. The van der Waals surface area contributed by atoms with Crippen LogP contribution in [0.25, 0.3) is 0 Å². The number of fused-ring (bicyclic) bond motifs is 1. The van der Waals surface area contributed by atoms with Crippen LogP contribution < -0.4 is 14.4 Å². The molecule has 0 saturated carbocycles. The minimum absolute atomic E-state index is 0.213. The zero-order valence-electron chi connectivity index (χ0n) is 17.7. The van der Waals surface area contributed by atoms with Crippen LogP contribution in [0.15, 0.2) is 48.5 Å². The lowest BCUT2D eigenvalue weighted by molar-refractivity contribution is 0.0977. The molecule has 1 aromatic heterocycles. The van der Waals surface area contributed by atoms with Crippen LogP contribution in [-0.2, 0) is 17.8 Å². The molecule has 2 heterocycles. The SMILES string of the molecule is Cc1sc(N(CC2COc3ccccc3C2)c2ccc(C#N)cc2)nc1C(=O)N[S+](C)[O-]. The number of nitriles is 1. The van der Waals surface area contributed by atoms with E-state index in [1.54, 1.807) is 12.1 Å². The van der Waals surface area contributed by atoms with Gasteiger partial charge in [-0.2, -0.15) is 9.98 Å². The van der Waals surface area contributed by atoms with Gasteiger partial charge in [-0.15, -0.1) is 11.3 Å². The maximum Gasteiger partial charge on any atom is 0.311 e. The molecule has 4 rings (SSSR count). The quantitative estimate of drug-likeness (QED) is 0.556. The summed E-state index contributed by atoms with van der Waals surface area (Å²) in [5, 5.41) is 9.82. The number of anilines is 2. The van der Waals surface area contributed by atoms with Gasteiger partial charge in [0.25, 0.3) is 0 Å². The summed E-state index contributed by atoms with van der Waals surface area (Å²) < 4.78 is 19.8. The Morgan fingerprint density at radius 1 is 1.34 bits per heavy atom. The Kier molecular flexibility index (Phi) is 6.65. The van der Waals surface area contributed by atoms with Gasteiger partial charge in [-0.3, -0.25) is 4.79 Å². The summed E-state index contributed by atoms with van der Waals surface area (Å²) in [6, 6.07) is 17.5. The van der Waals surface area contributed by atoms with Gasteiger partial charge >= 0.3 is 5.91 Å². The van der Waals surface area contributed by atoms with Gasteiger partial charge in [0, 0.05) is 23.0 Å². The molecule has 32 heavy (non-hydrogen) atoms. The normalized spacial score (nSPS) is 15.8. The molecule has 2 atom stereocenters. The highest BCUT2D eigenvalue weighted by Gasteiger charge is 2.26. The van der Waals surface area contributed by atoms with Gasteiger partial charge in [0.1, 0.15) is 17.7 Å². The number of aryl methyl sites for hydroxylation is 1. The third-order valence-corrected chi connectivity index (χ3v) is 6.64. The third kappa shape index (κ3) is 4.88. The summed E-state index contributed by atoms with van der Waals surface area (Å²) in [5.41, 5.74) is 2.89. The van der Waals surface area contributed by atoms with E-state index in [4.69, 9.17) is 10.00 Å². The first-order valence-electron chi connectivity index (χ1n) is 10.0. The number of carbonyl (C=O) groups excluding carboxylic acids is 1. The zero-order valence-corrected chi connectivity index (χ0v) is 19.3. The van der Waals surface area contributed by atoms with E-state index in [9.17, 15) is 9.35 Å². The summed E-state index contributed by atoms with van der Waals surface area (Å²) in [7, 11) is 0. The molecule has 1 N–H and O–H groups in total. The number of benzene rings is 2. The average Bonchev–Trinajstić information content (AvgIpc) is 3.18. The van der Waals surface area contributed by atoms with Crippen molar-refractivity contribution in [1.82, 2.24) is 9.71 Å². The Hall–Kier alpha value is -3.06. The molecule has 7 nitrogen and oxygen atoms in total. The van der Waals surface area contributed by atoms with Gasteiger partial charge in [-0.1, -0.05) is 18.2 Å². The highest BCUT2D eigenvalue weighted by molar-refractivity contribution is 7.89. The second-order valence-corrected chi connectivity index (χ2v) is 9.84. The molecule has 0 spiro atoms. The summed E-state index contributed by atoms with van der Waals surface area (Å²) in [4.78, 5) is 19.8. The average molecular weight is 467 g/mol. The highest BCUT2D eigenvalue weighted by atomic mass is 32.2. The Labute approximate surface area is 194 Å². The van der Waals surface area contributed by atoms with Crippen LogP contribution in [0.3, 0.4) is 0 Å². The largest absolute Gasteiger partial charge is 0.593 e. The molecule has 2 unspecified atom stereocenters.